The average molecular weight is 463 g/mol. The third-order valence-corrected chi connectivity index (χ3v) is 12.7. The van der Waals surface area contributed by atoms with Crippen molar-refractivity contribution in [3.05, 3.63) is 0 Å². The van der Waals surface area contributed by atoms with E-state index in [4.69, 9.17) is 0 Å². The fourth-order valence-electron chi connectivity index (χ4n) is 1.74. The lowest BCUT2D eigenvalue weighted by molar-refractivity contribution is 0.570. The van der Waals surface area contributed by atoms with Gasteiger partial charge >= 0.3 is 0 Å². The van der Waals surface area contributed by atoms with E-state index in [2.05, 4.69) is 50.5 Å². The summed E-state index contributed by atoms with van der Waals surface area (Å²) in [6.45, 7) is 1.18. The molecule has 140 valence electrons. The van der Waals surface area contributed by atoms with Crippen LogP contribution in [0.25, 0.3) is 0 Å². The predicted octanol–water partition coefficient (Wildman–Crippen LogP) is 0.0348. The van der Waals surface area contributed by atoms with E-state index in [9.17, 15) is 25.3 Å². The van der Waals surface area contributed by atoms with Gasteiger partial charge in [-0.05, 0) is 6.92 Å². The molecule has 0 rings (SSSR count). The standard InChI is InChI=1S/C10H22O6S7/c1-10(20,23(15,16)5-3-18)8-21(11,12)7-9(6-19)22(13,14)4-2-17/h9,17-20H,2-8H2,1H3. The van der Waals surface area contributed by atoms with E-state index in [1.807, 2.05) is 0 Å². The first-order valence-electron chi connectivity index (χ1n) is 6.44. The Morgan fingerprint density at radius 1 is 0.913 bits per heavy atom. The molecule has 0 saturated heterocycles. The van der Waals surface area contributed by atoms with Gasteiger partial charge in [-0.25, -0.2) is 25.3 Å². The highest BCUT2D eigenvalue weighted by Crippen LogP contribution is 2.26. The summed E-state index contributed by atoms with van der Waals surface area (Å²) in [5.41, 5.74) is 0. The van der Waals surface area contributed by atoms with E-state index in [-0.39, 0.29) is 28.8 Å². The van der Waals surface area contributed by atoms with Crippen LogP contribution in [0.15, 0.2) is 0 Å². The van der Waals surface area contributed by atoms with Gasteiger partial charge in [0.15, 0.2) is 29.5 Å². The van der Waals surface area contributed by atoms with E-state index in [1.54, 1.807) is 0 Å². The van der Waals surface area contributed by atoms with Gasteiger partial charge in [0.2, 0.25) is 0 Å². The normalized spacial score (nSPS) is 17.6. The van der Waals surface area contributed by atoms with Crippen LogP contribution in [0.3, 0.4) is 0 Å². The fourth-order valence-corrected chi connectivity index (χ4v) is 10.9. The van der Waals surface area contributed by atoms with Crippen molar-refractivity contribution < 1.29 is 25.3 Å². The second kappa shape index (κ2) is 9.26. The first kappa shape index (κ1) is 24.2. The van der Waals surface area contributed by atoms with Crippen LogP contribution in [-0.2, 0) is 29.5 Å². The Kier molecular flexibility index (Phi) is 9.77. The predicted molar refractivity (Wildman–Crippen MR) is 109 cm³/mol. The lowest BCUT2D eigenvalue weighted by Gasteiger charge is -2.24. The Morgan fingerprint density at radius 2 is 1.39 bits per heavy atom. The minimum Gasteiger partial charge on any atom is -0.229 e. The van der Waals surface area contributed by atoms with Gasteiger partial charge in [0.1, 0.15) is 4.08 Å². The van der Waals surface area contributed by atoms with E-state index < -0.39 is 50.3 Å². The number of hydrogen-bond acceptors (Lipinski definition) is 10. The minimum atomic E-state index is -3.99. The van der Waals surface area contributed by atoms with Crippen LogP contribution in [0.1, 0.15) is 6.92 Å². The SMILES string of the molecule is CC(S)(CS(=O)(=O)CC(CS)S(=O)(=O)CCS)S(=O)(=O)CCS. The van der Waals surface area contributed by atoms with Crippen molar-refractivity contribution in [3.63, 3.8) is 0 Å². The Morgan fingerprint density at radius 3 is 1.78 bits per heavy atom. The zero-order valence-electron chi connectivity index (χ0n) is 12.5. The third kappa shape index (κ3) is 7.57. The summed E-state index contributed by atoms with van der Waals surface area (Å²) in [5.74, 6) is -2.14. The van der Waals surface area contributed by atoms with Crippen LogP contribution < -0.4 is 0 Å². The van der Waals surface area contributed by atoms with Crippen LogP contribution in [0.4, 0.5) is 0 Å². The highest BCUT2D eigenvalue weighted by atomic mass is 32.2. The summed E-state index contributed by atoms with van der Waals surface area (Å²) < 4.78 is 70.8. The van der Waals surface area contributed by atoms with Crippen molar-refractivity contribution in [3.8, 4) is 0 Å². The molecule has 0 aliphatic heterocycles. The van der Waals surface area contributed by atoms with Gasteiger partial charge < -0.3 is 0 Å². The molecule has 0 aromatic carbocycles. The van der Waals surface area contributed by atoms with Crippen LogP contribution in [-0.4, -0.2) is 74.9 Å². The van der Waals surface area contributed by atoms with Crippen LogP contribution in [0.5, 0.6) is 0 Å². The highest BCUT2D eigenvalue weighted by Gasteiger charge is 2.41. The first-order chi connectivity index (χ1) is 10.2. The summed E-state index contributed by atoms with van der Waals surface area (Å²) >= 11 is 15.5. The largest absolute Gasteiger partial charge is 0.229 e. The summed E-state index contributed by atoms with van der Waals surface area (Å²) in [5, 5.41) is -1.21. The number of rotatable bonds is 11. The zero-order valence-corrected chi connectivity index (χ0v) is 18.5. The highest BCUT2D eigenvalue weighted by molar-refractivity contribution is 8.08. The molecule has 0 saturated carbocycles. The molecule has 0 aromatic heterocycles. The van der Waals surface area contributed by atoms with Crippen LogP contribution >= 0.6 is 50.5 Å². The molecule has 0 aliphatic rings. The summed E-state index contributed by atoms with van der Waals surface area (Å²) in [6, 6.07) is 0. The zero-order chi connectivity index (χ0) is 18.5. The molecule has 0 heterocycles. The number of thiol groups is 4. The third-order valence-electron chi connectivity index (χ3n) is 3.04. The summed E-state index contributed by atoms with van der Waals surface area (Å²) in [6.07, 6.45) is 0. The minimum absolute atomic E-state index is 0.0358. The summed E-state index contributed by atoms with van der Waals surface area (Å²) in [4.78, 5) is 0. The first-order valence-corrected chi connectivity index (χ1v) is 14.0. The fraction of sp³-hybridized carbons (Fsp3) is 1.00. The monoisotopic (exact) mass is 462 g/mol. The van der Waals surface area contributed by atoms with Crippen LogP contribution in [0, 0.1) is 0 Å². The van der Waals surface area contributed by atoms with Gasteiger partial charge in [-0.3, -0.25) is 0 Å². The van der Waals surface area contributed by atoms with E-state index in [1.165, 1.54) is 6.92 Å². The van der Waals surface area contributed by atoms with Crippen molar-refractivity contribution in [2.24, 2.45) is 0 Å². The van der Waals surface area contributed by atoms with Gasteiger partial charge in [-0.2, -0.15) is 50.5 Å². The molecule has 0 fully saturated rings. The molecule has 0 aromatic rings. The Labute approximate surface area is 161 Å². The maximum absolute atomic E-state index is 12.3. The molecule has 0 spiro atoms. The molecule has 0 radical (unpaired) electrons. The van der Waals surface area contributed by atoms with Crippen molar-refractivity contribution in [2.45, 2.75) is 16.3 Å². The molecule has 2 unspecified atom stereocenters. The molecule has 2 atom stereocenters. The molecule has 0 N–H and O–H groups in total. The Hall–Kier alpha value is 1.25. The smallest absolute Gasteiger partial charge is 0.166 e. The van der Waals surface area contributed by atoms with Gasteiger partial charge in [0, 0.05) is 17.3 Å². The van der Waals surface area contributed by atoms with E-state index >= 15 is 0 Å². The summed E-state index contributed by atoms with van der Waals surface area (Å²) in [7, 11) is -11.5. The number of sulfone groups is 3. The second-order valence-corrected chi connectivity index (χ2v) is 14.8. The molecular weight excluding hydrogens is 441 g/mol. The second-order valence-electron chi connectivity index (χ2n) is 5.17. The van der Waals surface area contributed by atoms with Gasteiger partial charge in [0.05, 0.1) is 28.3 Å². The lowest BCUT2D eigenvalue weighted by Crippen LogP contribution is -2.42. The van der Waals surface area contributed by atoms with Crippen molar-refractivity contribution >= 4 is 80.0 Å². The average Bonchev–Trinajstić information content (AvgIpc) is 2.34. The van der Waals surface area contributed by atoms with Gasteiger partial charge in [-0.1, -0.05) is 0 Å². The topological polar surface area (TPSA) is 102 Å². The van der Waals surface area contributed by atoms with E-state index in [0.717, 1.165) is 0 Å². The quantitative estimate of drug-likeness (QED) is 0.323. The lowest BCUT2D eigenvalue weighted by atomic mass is 10.5. The molecule has 23 heavy (non-hydrogen) atoms. The Balaban J connectivity index is 5.37. The molecular formula is C10H22O6S7. The van der Waals surface area contributed by atoms with Crippen molar-refractivity contribution in [2.75, 3.05) is 40.3 Å². The van der Waals surface area contributed by atoms with Gasteiger partial charge in [-0.15, -0.1) is 0 Å². The molecule has 0 aliphatic carbocycles. The Bertz CT molecular complexity index is 677. The maximum atomic E-state index is 12.3. The maximum Gasteiger partial charge on any atom is 0.166 e. The van der Waals surface area contributed by atoms with Crippen molar-refractivity contribution in [1.82, 2.24) is 0 Å². The molecule has 0 bridgehead atoms. The molecule has 6 nitrogen and oxygen atoms in total. The van der Waals surface area contributed by atoms with E-state index in [0.29, 0.717) is 0 Å². The molecule has 0 amide bonds. The molecule has 13 heteroatoms. The van der Waals surface area contributed by atoms with Gasteiger partial charge in [0.25, 0.3) is 0 Å². The van der Waals surface area contributed by atoms with Crippen molar-refractivity contribution in [1.29, 1.82) is 0 Å². The number of hydrogen-bond donors (Lipinski definition) is 4. The van der Waals surface area contributed by atoms with Crippen LogP contribution in [0.2, 0.25) is 0 Å².